The van der Waals surface area contributed by atoms with Crippen LogP contribution in [0.15, 0.2) is 41.3 Å². The Hall–Kier alpha value is -2.18. The number of nitrogens with zero attached hydrogens (tertiary/aromatic N) is 2. The van der Waals surface area contributed by atoms with Crippen molar-refractivity contribution < 1.29 is 9.31 Å². The molecule has 0 spiro atoms. The molecule has 0 unspecified atom stereocenters. The summed E-state index contributed by atoms with van der Waals surface area (Å²) in [5, 5.41) is 1.54. The smallest absolute Gasteiger partial charge is 0.399 e. The molecule has 25 heavy (non-hydrogen) atoms. The van der Waals surface area contributed by atoms with Crippen LogP contribution < -0.4 is 11.0 Å². The van der Waals surface area contributed by atoms with E-state index >= 15 is 0 Å². The lowest BCUT2D eigenvalue weighted by atomic mass is 9.80. The Morgan fingerprint density at radius 3 is 2.36 bits per heavy atom. The molecule has 0 atom stereocenters. The minimum Gasteiger partial charge on any atom is -0.399 e. The topological polar surface area (TPSA) is 53.4 Å². The molecule has 0 aliphatic carbocycles. The van der Waals surface area contributed by atoms with Crippen LogP contribution in [0, 0.1) is 0 Å². The van der Waals surface area contributed by atoms with Crippen LogP contribution in [0.3, 0.4) is 0 Å². The molecule has 1 aliphatic rings. The Labute approximate surface area is 146 Å². The quantitative estimate of drug-likeness (QED) is 0.506. The summed E-state index contributed by atoms with van der Waals surface area (Å²) in [5.41, 5.74) is 1.41. The van der Waals surface area contributed by atoms with Crippen molar-refractivity contribution in [2.45, 2.75) is 38.9 Å². The van der Waals surface area contributed by atoms with E-state index in [1.165, 1.54) is 0 Å². The second kappa shape index (κ2) is 5.16. The molecule has 0 radical (unpaired) electrons. The molecular formula is C19H21BN2O3. The Morgan fingerprint density at radius 1 is 1.04 bits per heavy atom. The Balaban J connectivity index is 1.91. The molecule has 1 saturated heterocycles. The first-order valence-corrected chi connectivity index (χ1v) is 8.44. The average Bonchev–Trinajstić information content (AvgIpc) is 2.80. The van der Waals surface area contributed by atoms with E-state index in [4.69, 9.17) is 9.31 Å². The van der Waals surface area contributed by atoms with Crippen molar-refractivity contribution in [3.8, 4) is 0 Å². The van der Waals surface area contributed by atoms with Crippen LogP contribution in [0.5, 0.6) is 0 Å². The number of hydrogen-bond donors (Lipinski definition) is 0. The number of benzene rings is 1. The molecule has 0 N–H and O–H groups in total. The highest BCUT2D eigenvalue weighted by atomic mass is 16.7. The maximum Gasteiger partial charge on any atom is 0.496 e. The molecule has 1 aromatic carbocycles. The summed E-state index contributed by atoms with van der Waals surface area (Å²) in [6.45, 7) is 8.03. The Kier molecular flexibility index (Phi) is 3.37. The molecule has 5 nitrogen and oxygen atoms in total. The lowest BCUT2D eigenvalue weighted by Crippen LogP contribution is -2.41. The van der Waals surface area contributed by atoms with Gasteiger partial charge in [0.15, 0.2) is 0 Å². The minimum atomic E-state index is -0.530. The summed E-state index contributed by atoms with van der Waals surface area (Å²) >= 11 is 0. The van der Waals surface area contributed by atoms with Crippen molar-refractivity contribution in [2.24, 2.45) is 7.05 Å². The molecule has 0 amide bonds. The van der Waals surface area contributed by atoms with Gasteiger partial charge in [-0.05, 0) is 39.8 Å². The van der Waals surface area contributed by atoms with Gasteiger partial charge in [0.25, 0.3) is 5.56 Å². The fourth-order valence-corrected chi connectivity index (χ4v) is 3.22. The Bertz CT molecular complexity index is 1040. The van der Waals surface area contributed by atoms with E-state index in [1.54, 1.807) is 17.8 Å². The Morgan fingerprint density at radius 2 is 1.68 bits per heavy atom. The lowest BCUT2D eigenvalue weighted by molar-refractivity contribution is 0.00578. The second-order valence-corrected chi connectivity index (χ2v) is 7.63. The van der Waals surface area contributed by atoms with Gasteiger partial charge in [-0.25, -0.2) is 0 Å². The van der Waals surface area contributed by atoms with E-state index in [-0.39, 0.29) is 5.56 Å². The number of aromatic nitrogens is 2. The number of pyridine rings is 2. The maximum absolute atomic E-state index is 12.8. The van der Waals surface area contributed by atoms with Gasteiger partial charge in [-0.1, -0.05) is 18.2 Å². The first-order chi connectivity index (χ1) is 11.7. The molecule has 0 saturated carbocycles. The van der Waals surface area contributed by atoms with Crippen molar-refractivity contribution in [3.05, 3.63) is 46.9 Å². The third-order valence-corrected chi connectivity index (χ3v) is 5.49. The van der Waals surface area contributed by atoms with Gasteiger partial charge in [0.05, 0.1) is 27.6 Å². The van der Waals surface area contributed by atoms with Crippen LogP contribution in [0.1, 0.15) is 27.7 Å². The number of aryl methyl sites for hydroxylation is 1. The second-order valence-electron chi connectivity index (χ2n) is 7.63. The summed E-state index contributed by atoms with van der Waals surface area (Å²) in [4.78, 5) is 17.4. The predicted molar refractivity (Wildman–Crippen MR) is 100 cm³/mol. The molecule has 1 aliphatic heterocycles. The first kappa shape index (κ1) is 16.3. The van der Waals surface area contributed by atoms with Crippen molar-refractivity contribution in [1.29, 1.82) is 0 Å². The summed E-state index contributed by atoms with van der Waals surface area (Å²) < 4.78 is 13.8. The molecule has 0 bridgehead atoms. The first-order valence-electron chi connectivity index (χ1n) is 8.44. The zero-order chi connectivity index (χ0) is 18.0. The van der Waals surface area contributed by atoms with Gasteiger partial charge in [-0.15, -0.1) is 0 Å². The van der Waals surface area contributed by atoms with Crippen LogP contribution in [0.4, 0.5) is 0 Å². The molecule has 128 valence electrons. The summed E-state index contributed by atoms with van der Waals surface area (Å²) in [6, 6.07) is 9.64. The number of fused-ring (bicyclic) bond motifs is 3. The summed E-state index contributed by atoms with van der Waals surface area (Å²) in [5.74, 6) is 0. The van der Waals surface area contributed by atoms with E-state index in [0.717, 1.165) is 16.4 Å². The van der Waals surface area contributed by atoms with E-state index in [1.807, 2.05) is 58.0 Å². The molecular weight excluding hydrogens is 315 g/mol. The molecule has 6 heteroatoms. The highest BCUT2D eigenvalue weighted by Crippen LogP contribution is 2.36. The SMILES string of the molecule is Cn1c(=O)c2cc(B3OC(C)(C)C(C)(C)O3)cnc2c2ccccc21. The maximum atomic E-state index is 12.8. The van der Waals surface area contributed by atoms with Crippen LogP contribution in [-0.4, -0.2) is 27.9 Å². The van der Waals surface area contributed by atoms with Crippen LogP contribution in [0.2, 0.25) is 0 Å². The van der Waals surface area contributed by atoms with Crippen molar-refractivity contribution in [2.75, 3.05) is 0 Å². The highest BCUT2D eigenvalue weighted by molar-refractivity contribution is 6.62. The molecule has 2 aromatic heterocycles. The fourth-order valence-electron chi connectivity index (χ4n) is 3.22. The highest BCUT2D eigenvalue weighted by Gasteiger charge is 2.51. The number of hydrogen-bond acceptors (Lipinski definition) is 4. The number of para-hydroxylation sites is 1. The molecule has 3 heterocycles. The molecule has 3 aromatic rings. The van der Waals surface area contributed by atoms with Crippen molar-refractivity contribution >= 4 is 34.4 Å². The molecule has 1 fully saturated rings. The van der Waals surface area contributed by atoms with Gasteiger partial charge in [-0.3, -0.25) is 9.78 Å². The normalized spacial score (nSPS) is 19.0. The van der Waals surface area contributed by atoms with Crippen LogP contribution in [-0.2, 0) is 16.4 Å². The van der Waals surface area contributed by atoms with E-state index < -0.39 is 18.3 Å². The van der Waals surface area contributed by atoms with Gasteiger partial charge >= 0.3 is 7.12 Å². The van der Waals surface area contributed by atoms with Gasteiger partial charge < -0.3 is 13.9 Å². The van der Waals surface area contributed by atoms with Gasteiger partial charge in [0, 0.05) is 24.1 Å². The van der Waals surface area contributed by atoms with Crippen molar-refractivity contribution in [1.82, 2.24) is 9.55 Å². The average molecular weight is 336 g/mol. The standard InChI is InChI=1S/C19H21BN2O3/c1-18(2)19(3,4)25-20(24-18)12-10-14-16(21-11-12)13-8-6-7-9-15(13)22(5)17(14)23/h6-11H,1-5H3. The minimum absolute atomic E-state index is 0.0698. The monoisotopic (exact) mass is 336 g/mol. The fraction of sp³-hybridized carbons (Fsp3) is 0.368. The van der Waals surface area contributed by atoms with Gasteiger partial charge in [0.2, 0.25) is 0 Å². The largest absolute Gasteiger partial charge is 0.496 e. The summed E-state index contributed by atoms with van der Waals surface area (Å²) in [7, 11) is 1.25. The van der Waals surface area contributed by atoms with E-state index in [2.05, 4.69) is 4.98 Å². The third kappa shape index (κ3) is 2.32. The van der Waals surface area contributed by atoms with Crippen molar-refractivity contribution in [3.63, 3.8) is 0 Å². The van der Waals surface area contributed by atoms with Crippen LogP contribution in [0.25, 0.3) is 21.8 Å². The predicted octanol–water partition coefficient (Wildman–Crippen LogP) is 2.39. The third-order valence-electron chi connectivity index (χ3n) is 5.49. The number of rotatable bonds is 1. The van der Waals surface area contributed by atoms with Gasteiger partial charge in [-0.2, -0.15) is 0 Å². The summed E-state index contributed by atoms with van der Waals surface area (Å²) in [6.07, 6.45) is 1.75. The van der Waals surface area contributed by atoms with Crippen LogP contribution >= 0.6 is 0 Å². The zero-order valence-corrected chi connectivity index (χ0v) is 15.2. The van der Waals surface area contributed by atoms with Gasteiger partial charge in [0.1, 0.15) is 0 Å². The van der Waals surface area contributed by atoms with E-state index in [0.29, 0.717) is 10.9 Å². The zero-order valence-electron chi connectivity index (χ0n) is 15.2. The lowest BCUT2D eigenvalue weighted by Gasteiger charge is -2.32. The van der Waals surface area contributed by atoms with E-state index in [9.17, 15) is 4.79 Å². The molecule has 4 rings (SSSR count).